The Morgan fingerprint density at radius 3 is 2.58 bits per heavy atom. The maximum absolute atomic E-state index is 4.23. The average molecular weight is 262 g/mol. The Kier molecular flexibility index (Phi) is 4.40. The zero-order valence-corrected chi connectivity index (χ0v) is 12.6. The highest BCUT2D eigenvalue weighted by molar-refractivity contribution is 5.39. The van der Waals surface area contributed by atoms with Gasteiger partial charge in [0.1, 0.15) is 0 Å². The molecule has 1 saturated heterocycles. The zero-order chi connectivity index (χ0) is 13.9. The first kappa shape index (κ1) is 14.3. The highest BCUT2D eigenvalue weighted by atomic mass is 15.3. The SMILES string of the molecule is Cc1cnnc(N2CCC(CNC(C)(C)C)CC2)c1. The number of hydrogen-bond donors (Lipinski definition) is 1. The summed E-state index contributed by atoms with van der Waals surface area (Å²) in [5.74, 6) is 1.82. The standard InChI is InChI=1S/C15H26N4/c1-12-9-14(18-17-10-12)19-7-5-13(6-8-19)11-16-15(2,3)4/h9-10,13,16H,5-8,11H2,1-4H3. The molecule has 0 spiro atoms. The van der Waals surface area contributed by atoms with Gasteiger partial charge in [-0.15, -0.1) is 5.10 Å². The van der Waals surface area contributed by atoms with Crippen molar-refractivity contribution in [2.45, 2.75) is 46.1 Å². The van der Waals surface area contributed by atoms with Crippen LogP contribution in [0, 0.1) is 12.8 Å². The Morgan fingerprint density at radius 2 is 2.00 bits per heavy atom. The first-order chi connectivity index (χ1) is 8.94. The minimum absolute atomic E-state index is 0.221. The lowest BCUT2D eigenvalue weighted by Crippen LogP contribution is -2.43. The van der Waals surface area contributed by atoms with Crippen molar-refractivity contribution < 1.29 is 0 Å². The van der Waals surface area contributed by atoms with E-state index in [0.29, 0.717) is 0 Å². The highest BCUT2D eigenvalue weighted by Gasteiger charge is 2.21. The molecule has 0 unspecified atom stereocenters. The van der Waals surface area contributed by atoms with Crippen LogP contribution < -0.4 is 10.2 Å². The van der Waals surface area contributed by atoms with Crippen molar-refractivity contribution in [3.05, 3.63) is 17.8 Å². The van der Waals surface area contributed by atoms with E-state index in [1.54, 1.807) is 0 Å². The monoisotopic (exact) mass is 262 g/mol. The van der Waals surface area contributed by atoms with Gasteiger partial charge in [-0.1, -0.05) is 0 Å². The number of anilines is 1. The quantitative estimate of drug-likeness (QED) is 0.908. The Hall–Kier alpha value is -1.16. The summed E-state index contributed by atoms with van der Waals surface area (Å²) in [5.41, 5.74) is 1.40. The first-order valence-corrected chi connectivity index (χ1v) is 7.23. The fraction of sp³-hybridized carbons (Fsp3) is 0.733. The van der Waals surface area contributed by atoms with Crippen LogP contribution in [0.3, 0.4) is 0 Å². The molecule has 1 fully saturated rings. The van der Waals surface area contributed by atoms with Crippen molar-refractivity contribution in [1.29, 1.82) is 0 Å². The van der Waals surface area contributed by atoms with E-state index in [4.69, 9.17) is 0 Å². The third kappa shape index (κ3) is 4.46. The van der Waals surface area contributed by atoms with Gasteiger partial charge in [0.05, 0.1) is 6.20 Å². The van der Waals surface area contributed by atoms with Gasteiger partial charge in [-0.3, -0.25) is 0 Å². The molecule has 0 aliphatic carbocycles. The van der Waals surface area contributed by atoms with Gasteiger partial charge in [0.15, 0.2) is 5.82 Å². The summed E-state index contributed by atoms with van der Waals surface area (Å²) in [7, 11) is 0. The minimum Gasteiger partial charge on any atom is -0.355 e. The molecule has 106 valence electrons. The number of rotatable bonds is 3. The third-order valence-electron chi connectivity index (χ3n) is 3.64. The molecule has 2 heterocycles. The molecule has 0 bridgehead atoms. The lowest BCUT2D eigenvalue weighted by Gasteiger charge is -2.34. The molecule has 1 aliphatic rings. The first-order valence-electron chi connectivity index (χ1n) is 7.23. The van der Waals surface area contributed by atoms with Crippen LogP contribution in [0.5, 0.6) is 0 Å². The molecule has 0 radical (unpaired) electrons. The second-order valence-corrected chi connectivity index (χ2v) is 6.65. The summed E-state index contributed by atoms with van der Waals surface area (Å²) >= 11 is 0. The number of piperidine rings is 1. The third-order valence-corrected chi connectivity index (χ3v) is 3.64. The topological polar surface area (TPSA) is 41.1 Å². The molecular formula is C15H26N4. The lowest BCUT2D eigenvalue weighted by atomic mass is 9.95. The summed E-state index contributed by atoms with van der Waals surface area (Å²) in [5, 5.41) is 11.9. The second-order valence-electron chi connectivity index (χ2n) is 6.65. The van der Waals surface area contributed by atoms with Crippen LogP contribution in [-0.2, 0) is 0 Å². The highest BCUT2D eigenvalue weighted by Crippen LogP contribution is 2.21. The Labute approximate surface area is 116 Å². The molecule has 0 aromatic carbocycles. The molecule has 2 rings (SSSR count). The van der Waals surface area contributed by atoms with E-state index < -0.39 is 0 Å². The van der Waals surface area contributed by atoms with Crippen LogP contribution in [0.2, 0.25) is 0 Å². The van der Waals surface area contributed by atoms with E-state index in [0.717, 1.165) is 31.4 Å². The fourth-order valence-electron chi connectivity index (χ4n) is 2.42. The number of aromatic nitrogens is 2. The largest absolute Gasteiger partial charge is 0.355 e. The van der Waals surface area contributed by atoms with Gasteiger partial charge in [-0.05, 0) is 64.6 Å². The van der Waals surface area contributed by atoms with Gasteiger partial charge < -0.3 is 10.2 Å². The Morgan fingerprint density at radius 1 is 1.32 bits per heavy atom. The molecule has 0 saturated carbocycles. The van der Waals surface area contributed by atoms with E-state index in [-0.39, 0.29) is 5.54 Å². The Bertz CT molecular complexity index is 403. The van der Waals surface area contributed by atoms with E-state index in [9.17, 15) is 0 Å². The average Bonchev–Trinajstić information content (AvgIpc) is 2.36. The number of nitrogens with one attached hydrogen (secondary N) is 1. The molecule has 19 heavy (non-hydrogen) atoms. The van der Waals surface area contributed by atoms with Crippen molar-refractivity contribution in [2.75, 3.05) is 24.5 Å². The molecule has 1 aliphatic heterocycles. The van der Waals surface area contributed by atoms with Crippen molar-refractivity contribution in [2.24, 2.45) is 5.92 Å². The van der Waals surface area contributed by atoms with Gasteiger partial charge in [-0.2, -0.15) is 5.10 Å². The van der Waals surface area contributed by atoms with Crippen molar-refractivity contribution in [3.63, 3.8) is 0 Å². The van der Waals surface area contributed by atoms with Gasteiger partial charge >= 0.3 is 0 Å². The number of hydrogen-bond acceptors (Lipinski definition) is 4. The van der Waals surface area contributed by atoms with Crippen molar-refractivity contribution >= 4 is 5.82 Å². The summed E-state index contributed by atoms with van der Waals surface area (Å²) in [6.07, 6.45) is 4.28. The number of aryl methyl sites for hydroxylation is 1. The van der Waals surface area contributed by atoms with Gasteiger partial charge in [0.2, 0.25) is 0 Å². The predicted molar refractivity (Wildman–Crippen MR) is 79.5 cm³/mol. The summed E-state index contributed by atoms with van der Waals surface area (Å²) in [6, 6.07) is 2.13. The minimum atomic E-state index is 0.221. The maximum atomic E-state index is 4.23. The molecule has 1 aromatic rings. The van der Waals surface area contributed by atoms with Gasteiger partial charge in [0, 0.05) is 18.6 Å². The van der Waals surface area contributed by atoms with Crippen LogP contribution in [0.25, 0.3) is 0 Å². The van der Waals surface area contributed by atoms with E-state index in [1.807, 2.05) is 6.20 Å². The van der Waals surface area contributed by atoms with E-state index >= 15 is 0 Å². The molecule has 1 N–H and O–H groups in total. The van der Waals surface area contributed by atoms with E-state index in [1.165, 1.54) is 18.4 Å². The second kappa shape index (κ2) is 5.87. The smallest absolute Gasteiger partial charge is 0.151 e. The summed E-state index contributed by atoms with van der Waals surface area (Å²) in [4.78, 5) is 2.35. The lowest BCUT2D eigenvalue weighted by molar-refractivity contribution is 0.328. The normalized spacial score (nSPS) is 17.8. The van der Waals surface area contributed by atoms with Crippen LogP contribution in [0.15, 0.2) is 12.3 Å². The zero-order valence-electron chi connectivity index (χ0n) is 12.6. The van der Waals surface area contributed by atoms with Crippen molar-refractivity contribution in [1.82, 2.24) is 15.5 Å². The predicted octanol–water partition coefficient (Wildman–Crippen LogP) is 2.39. The van der Waals surface area contributed by atoms with Crippen LogP contribution in [0.4, 0.5) is 5.82 Å². The summed E-state index contributed by atoms with van der Waals surface area (Å²) in [6.45, 7) is 12.1. The van der Waals surface area contributed by atoms with Crippen LogP contribution in [-0.4, -0.2) is 35.4 Å². The molecule has 0 amide bonds. The van der Waals surface area contributed by atoms with E-state index in [2.05, 4.69) is 54.2 Å². The van der Waals surface area contributed by atoms with Gasteiger partial charge in [-0.25, -0.2) is 0 Å². The number of nitrogens with zero attached hydrogens (tertiary/aromatic N) is 3. The Balaban J connectivity index is 1.82. The molecule has 1 aromatic heterocycles. The molecule has 4 nitrogen and oxygen atoms in total. The van der Waals surface area contributed by atoms with Crippen LogP contribution in [0.1, 0.15) is 39.2 Å². The molecular weight excluding hydrogens is 236 g/mol. The molecule has 4 heteroatoms. The van der Waals surface area contributed by atoms with Crippen LogP contribution >= 0.6 is 0 Å². The molecule has 0 atom stereocenters. The maximum Gasteiger partial charge on any atom is 0.151 e. The fourth-order valence-corrected chi connectivity index (χ4v) is 2.42. The summed E-state index contributed by atoms with van der Waals surface area (Å²) < 4.78 is 0. The van der Waals surface area contributed by atoms with Crippen molar-refractivity contribution in [3.8, 4) is 0 Å². The van der Waals surface area contributed by atoms with Gasteiger partial charge in [0.25, 0.3) is 0 Å².